The molecule has 1 aromatic rings. The van der Waals surface area contributed by atoms with E-state index in [2.05, 4.69) is 5.10 Å². The fraction of sp³-hybridized carbons (Fsp3) is 0.429. The molecule has 0 saturated carbocycles. The maximum atomic E-state index is 11.8. The number of carbonyl (C=O) groups is 1. The lowest BCUT2D eigenvalue weighted by Crippen LogP contribution is -2.18. The van der Waals surface area contributed by atoms with E-state index in [0.717, 1.165) is 6.20 Å². The third-order valence-electron chi connectivity index (χ3n) is 1.37. The second-order valence-corrected chi connectivity index (χ2v) is 2.69. The molecule has 0 radical (unpaired) electrons. The zero-order valence-corrected chi connectivity index (χ0v) is 6.95. The average Bonchev–Trinajstić information content (AvgIpc) is 2.30. The molecule has 0 fully saturated rings. The first-order valence-corrected chi connectivity index (χ1v) is 3.68. The third kappa shape index (κ3) is 3.46. The van der Waals surface area contributed by atoms with Crippen LogP contribution in [0.1, 0.15) is 5.69 Å². The first kappa shape index (κ1) is 10.6. The van der Waals surface area contributed by atoms with Gasteiger partial charge in [-0.05, 0) is 6.07 Å². The Labute approximate surface area is 77.0 Å². The van der Waals surface area contributed by atoms with Crippen LogP contribution in [0, 0.1) is 0 Å². The van der Waals surface area contributed by atoms with Crippen molar-refractivity contribution in [1.29, 1.82) is 0 Å². The Morgan fingerprint density at radius 3 is 2.71 bits per heavy atom. The van der Waals surface area contributed by atoms with Crippen molar-refractivity contribution in [3.63, 3.8) is 0 Å². The minimum atomic E-state index is -4.34. The second-order valence-electron chi connectivity index (χ2n) is 2.69. The Bertz CT molecular complexity index is 332. The molecule has 78 valence electrons. The molecule has 14 heavy (non-hydrogen) atoms. The van der Waals surface area contributed by atoms with Crippen molar-refractivity contribution in [3.8, 4) is 0 Å². The average molecular weight is 208 g/mol. The number of carboxylic acid groups (broad SMARTS) is 1. The van der Waals surface area contributed by atoms with Crippen LogP contribution in [0.4, 0.5) is 13.2 Å². The summed E-state index contributed by atoms with van der Waals surface area (Å²) >= 11 is 0. The van der Waals surface area contributed by atoms with Gasteiger partial charge in [0.2, 0.25) is 0 Å². The molecule has 0 aliphatic rings. The van der Waals surface area contributed by atoms with Gasteiger partial charge in [-0.3, -0.25) is 9.48 Å². The summed E-state index contributed by atoms with van der Waals surface area (Å²) in [6.45, 7) is -1.20. The van der Waals surface area contributed by atoms with Crippen molar-refractivity contribution >= 4 is 5.97 Å². The highest BCUT2D eigenvalue weighted by molar-refractivity contribution is 5.69. The van der Waals surface area contributed by atoms with Crippen LogP contribution in [0.2, 0.25) is 0 Å². The second kappa shape index (κ2) is 3.69. The maximum Gasteiger partial charge on any atom is 0.408 e. The van der Waals surface area contributed by atoms with E-state index in [-0.39, 0.29) is 12.1 Å². The molecule has 1 rings (SSSR count). The van der Waals surface area contributed by atoms with Crippen molar-refractivity contribution in [2.75, 3.05) is 0 Å². The van der Waals surface area contributed by atoms with E-state index in [9.17, 15) is 18.0 Å². The van der Waals surface area contributed by atoms with Gasteiger partial charge in [-0.15, -0.1) is 0 Å². The molecule has 7 heteroatoms. The largest absolute Gasteiger partial charge is 0.481 e. The summed E-state index contributed by atoms with van der Waals surface area (Å²) < 4.78 is 36.2. The summed E-state index contributed by atoms with van der Waals surface area (Å²) in [5, 5.41) is 11.8. The Hall–Kier alpha value is -1.53. The van der Waals surface area contributed by atoms with E-state index >= 15 is 0 Å². The highest BCUT2D eigenvalue weighted by atomic mass is 19.4. The Kier molecular flexibility index (Phi) is 2.78. The van der Waals surface area contributed by atoms with E-state index in [0.29, 0.717) is 4.68 Å². The molecule has 1 N–H and O–H groups in total. The van der Waals surface area contributed by atoms with E-state index in [4.69, 9.17) is 5.11 Å². The van der Waals surface area contributed by atoms with E-state index < -0.39 is 18.7 Å². The first-order valence-electron chi connectivity index (χ1n) is 3.68. The molecule has 0 aliphatic heterocycles. The highest BCUT2D eigenvalue weighted by Crippen LogP contribution is 2.16. The molecule has 0 amide bonds. The quantitative estimate of drug-likeness (QED) is 0.808. The van der Waals surface area contributed by atoms with Crippen LogP contribution in [0.5, 0.6) is 0 Å². The first-order chi connectivity index (χ1) is 6.37. The van der Waals surface area contributed by atoms with Crippen LogP contribution in [0.25, 0.3) is 0 Å². The number of halogens is 3. The normalized spacial score (nSPS) is 11.6. The van der Waals surface area contributed by atoms with Gasteiger partial charge in [0.1, 0.15) is 6.54 Å². The van der Waals surface area contributed by atoms with Gasteiger partial charge in [0.15, 0.2) is 0 Å². The number of carboxylic acids is 1. The molecule has 1 heterocycles. The van der Waals surface area contributed by atoms with Crippen molar-refractivity contribution in [2.24, 2.45) is 0 Å². The topological polar surface area (TPSA) is 55.1 Å². The van der Waals surface area contributed by atoms with Crippen LogP contribution in [0.15, 0.2) is 12.3 Å². The summed E-state index contributed by atoms with van der Waals surface area (Å²) in [4.78, 5) is 10.2. The molecular weight excluding hydrogens is 201 g/mol. The van der Waals surface area contributed by atoms with Crippen LogP contribution < -0.4 is 0 Å². The van der Waals surface area contributed by atoms with Crippen molar-refractivity contribution < 1.29 is 23.1 Å². The van der Waals surface area contributed by atoms with Gasteiger partial charge in [-0.25, -0.2) is 0 Å². The van der Waals surface area contributed by atoms with E-state index in [1.165, 1.54) is 6.07 Å². The fourth-order valence-electron chi connectivity index (χ4n) is 0.925. The molecule has 0 atom stereocenters. The number of hydrogen-bond donors (Lipinski definition) is 1. The molecule has 0 aliphatic carbocycles. The van der Waals surface area contributed by atoms with E-state index in [1.54, 1.807) is 0 Å². The lowest BCUT2D eigenvalue weighted by molar-refractivity contribution is -0.142. The molecule has 0 bridgehead atoms. The summed E-state index contributed by atoms with van der Waals surface area (Å²) in [6, 6.07) is 1.25. The van der Waals surface area contributed by atoms with Crippen molar-refractivity contribution in [1.82, 2.24) is 9.78 Å². The van der Waals surface area contributed by atoms with Gasteiger partial charge in [0.05, 0.1) is 12.1 Å². The predicted molar refractivity (Wildman–Crippen MR) is 39.6 cm³/mol. The minimum absolute atomic E-state index is 0.113. The van der Waals surface area contributed by atoms with Gasteiger partial charge in [-0.2, -0.15) is 18.3 Å². The molecule has 0 spiro atoms. The minimum Gasteiger partial charge on any atom is -0.481 e. The molecule has 0 unspecified atom stereocenters. The SMILES string of the molecule is O=C(O)Cc1ccn(CC(F)(F)F)n1. The zero-order chi connectivity index (χ0) is 10.8. The summed E-state index contributed by atoms with van der Waals surface area (Å²) in [7, 11) is 0. The Morgan fingerprint density at radius 1 is 1.57 bits per heavy atom. The van der Waals surface area contributed by atoms with Crippen molar-refractivity contribution in [2.45, 2.75) is 19.1 Å². The number of nitrogens with zero attached hydrogens (tertiary/aromatic N) is 2. The maximum absolute atomic E-state index is 11.8. The van der Waals surface area contributed by atoms with Crippen LogP contribution in [-0.4, -0.2) is 27.0 Å². The van der Waals surface area contributed by atoms with Gasteiger partial charge in [-0.1, -0.05) is 0 Å². The zero-order valence-electron chi connectivity index (χ0n) is 6.95. The van der Waals surface area contributed by atoms with Crippen LogP contribution in [-0.2, 0) is 17.8 Å². The molecule has 0 saturated heterocycles. The third-order valence-corrected chi connectivity index (χ3v) is 1.37. The molecule has 1 aromatic heterocycles. The lowest BCUT2D eigenvalue weighted by Gasteiger charge is -2.05. The summed E-state index contributed by atoms with van der Waals surface area (Å²) in [6.07, 6.45) is -3.61. The number of aliphatic carboxylic acids is 1. The van der Waals surface area contributed by atoms with Gasteiger partial charge >= 0.3 is 12.1 Å². The Morgan fingerprint density at radius 2 is 2.21 bits per heavy atom. The van der Waals surface area contributed by atoms with E-state index in [1.807, 2.05) is 0 Å². The lowest BCUT2D eigenvalue weighted by atomic mass is 10.3. The smallest absolute Gasteiger partial charge is 0.408 e. The number of aromatic nitrogens is 2. The number of rotatable bonds is 3. The van der Waals surface area contributed by atoms with Gasteiger partial charge in [0, 0.05) is 6.20 Å². The summed E-state index contributed by atoms with van der Waals surface area (Å²) in [5.41, 5.74) is 0.113. The van der Waals surface area contributed by atoms with Crippen LogP contribution in [0.3, 0.4) is 0 Å². The van der Waals surface area contributed by atoms with Gasteiger partial charge < -0.3 is 5.11 Å². The predicted octanol–water partition coefficient (Wildman–Crippen LogP) is 1.07. The van der Waals surface area contributed by atoms with Crippen LogP contribution >= 0.6 is 0 Å². The van der Waals surface area contributed by atoms with Gasteiger partial charge in [0.25, 0.3) is 0 Å². The monoisotopic (exact) mass is 208 g/mol. The molecule has 0 aromatic carbocycles. The Balaban J connectivity index is 2.64. The van der Waals surface area contributed by atoms with Crippen molar-refractivity contribution in [3.05, 3.63) is 18.0 Å². The highest BCUT2D eigenvalue weighted by Gasteiger charge is 2.28. The number of alkyl halides is 3. The summed E-state index contributed by atoms with van der Waals surface area (Å²) in [5.74, 6) is -1.12. The fourth-order valence-corrected chi connectivity index (χ4v) is 0.925. The number of hydrogen-bond acceptors (Lipinski definition) is 2. The molecule has 4 nitrogen and oxygen atoms in total. The standard InChI is InChI=1S/C7H7F3N2O2/c8-7(9,10)4-12-2-1-5(11-12)3-6(13)14/h1-2H,3-4H2,(H,13,14). The molecular formula is C7H7F3N2O2.